The van der Waals surface area contributed by atoms with E-state index in [1.807, 2.05) is 27.7 Å². The van der Waals surface area contributed by atoms with E-state index in [0.29, 0.717) is 0 Å². The van der Waals surface area contributed by atoms with E-state index in [1.54, 1.807) is 0 Å². The molecular weight excluding hydrogens is 72.1 g/mol. The van der Waals surface area contributed by atoms with Gasteiger partial charge in [0.05, 0.1) is 0 Å². The van der Waals surface area contributed by atoms with Crippen LogP contribution in [0.2, 0.25) is 0 Å². The van der Waals surface area contributed by atoms with Crippen molar-refractivity contribution in [2.75, 3.05) is 0 Å². The molecule has 0 atom stereocenters. The maximum Gasteiger partial charge on any atom is 0 e. The minimum absolute atomic E-state index is 0. The lowest BCUT2D eigenvalue weighted by Gasteiger charge is -1.07. The van der Waals surface area contributed by atoms with E-state index >= 15 is 0 Å². The molecule has 0 heteroatoms. The summed E-state index contributed by atoms with van der Waals surface area (Å²) < 4.78 is 0. The first-order chi connectivity index (χ1) is 2.00. The Morgan fingerprint density at radius 1 is 0.667 bits per heavy atom. The summed E-state index contributed by atoms with van der Waals surface area (Å²) in [6.45, 7) is 8.00. The lowest BCUT2D eigenvalue weighted by atomic mass is 11.0. The molecular formula is C6H22. The third kappa shape index (κ3) is 0. The lowest BCUT2D eigenvalue weighted by molar-refractivity contribution is 1.50. The molecule has 0 nitrogen and oxygen atoms in total. The number of rotatable bonds is 0. The molecule has 0 N–H and O–H groups in total. The Bertz CT molecular complexity index is 4.14. The van der Waals surface area contributed by atoms with Crippen molar-refractivity contribution in [1.82, 2.24) is 0 Å². The van der Waals surface area contributed by atoms with Gasteiger partial charge in [0.25, 0.3) is 0 Å². The molecule has 0 aliphatic carbocycles. The van der Waals surface area contributed by atoms with Gasteiger partial charge in [0.1, 0.15) is 0 Å². The average molecular weight is 96.3 g/mol. The molecule has 46 valence electrons. The van der Waals surface area contributed by atoms with E-state index in [4.69, 9.17) is 0 Å². The average Bonchev–Trinajstić information content (AvgIpc) is 1.50. The van der Waals surface area contributed by atoms with E-state index in [-0.39, 0.29) is 16.3 Å². The summed E-state index contributed by atoms with van der Waals surface area (Å²) in [6, 6.07) is 0. The third-order valence-corrected chi connectivity index (χ3v) is 0. The van der Waals surface area contributed by atoms with Crippen LogP contribution in [0.25, 0.3) is 0 Å². The topological polar surface area (TPSA) is 0 Å². The fourth-order valence-electron chi connectivity index (χ4n) is 0. The molecule has 0 aromatic carbocycles. The molecule has 0 aromatic heterocycles. The second kappa shape index (κ2) is 0. The molecule has 0 aromatic rings. The largest absolute Gasteiger partial charge is 0.0776 e. The maximum absolute atomic E-state index is 2.00. The van der Waals surface area contributed by atoms with E-state index in [1.165, 1.54) is 0 Å². The lowest BCUT2D eigenvalue weighted by Crippen LogP contribution is -0.856. The maximum atomic E-state index is 2.00. The van der Waals surface area contributed by atoms with Crippen molar-refractivity contribution < 1.29 is 1.43 Å². The van der Waals surface area contributed by atoms with Crippen LogP contribution in [0, 0.1) is 0 Å². The van der Waals surface area contributed by atoms with Crippen LogP contribution in [0.1, 0.15) is 44.0 Å². The smallest absolute Gasteiger partial charge is 0 e. The molecule has 0 saturated heterocycles. The van der Waals surface area contributed by atoms with Crippen LogP contribution in [0.3, 0.4) is 0 Å². The summed E-state index contributed by atoms with van der Waals surface area (Å²) in [7, 11) is 0. The van der Waals surface area contributed by atoms with Crippen molar-refractivity contribution in [2.24, 2.45) is 0 Å². The number of hydrogen-bond acceptors (Lipinski definition) is 0. The van der Waals surface area contributed by atoms with E-state index < -0.39 is 0 Å². The van der Waals surface area contributed by atoms with Crippen molar-refractivity contribution in [1.29, 1.82) is 0 Å². The zero-order chi connectivity index (χ0) is 4.00. The van der Waals surface area contributed by atoms with Crippen molar-refractivity contribution >= 4 is 0 Å². The highest BCUT2D eigenvalue weighted by Crippen LogP contribution is 1.15. The minimum Gasteiger partial charge on any atom is -0.0776 e. The van der Waals surface area contributed by atoms with Gasteiger partial charge in [-0.15, -0.1) is 0 Å². The molecule has 6 heavy (non-hydrogen) atoms. The van der Waals surface area contributed by atoms with Crippen LogP contribution in [0.4, 0.5) is 0 Å². The highest BCUT2D eigenvalue weighted by Gasteiger charge is 0.934. The summed E-state index contributed by atoms with van der Waals surface area (Å²) >= 11 is 0. The Balaban J connectivity index is -0.00000000267. The molecule has 0 fully saturated rings. The Labute approximate surface area is 45.1 Å². The van der Waals surface area contributed by atoms with Gasteiger partial charge < -0.3 is 0 Å². The van der Waals surface area contributed by atoms with Gasteiger partial charge in [-0.05, 0) is 0 Å². The second-order valence-electron chi connectivity index (χ2n) is 0. The first-order valence-corrected chi connectivity index (χ1v) is 2.00. The summed E-state index contributed by atoms with van der Waals surface area (Å²) in [6.07, 6.45) is 0. The molecule has 0 radical (unpaired) electrons. The van der Waals surface area contributed by atoms with Gasteiger partial charge >= 0.3 is 0 Å². The Hall–Kier alpha value is 0. The monoisotopic (exact) mass is 96.2 g/mol. The Kier molecular flexibility index (Phi) is 0. The SMILES string of the molecule is C.C.CC.CC.[3HH]. The van der Waals surface area contributed by atoms with Gasteiger partial charge in [0.15, 0.2) is 0 Å². The highest BCUT2D eigenvalue weighted by molar-refractivity contribution is 3.51. The Morgan fingerprint density at radius 3 is 0.667 bits per heavy atom. The Morgan fingerprint density at radius 2 is 0.667 bits per heavy atom. The molecule has 0 spiro atoms. The van der Waals surface area contributed by atoms with Crippen molar-refractivity contribution in [3.63, 3.8) is 0 Å². The molecule has 0 aliphatic rings. The fourth-order valence-corrected chi connectivity index (χ4v) is 0. The first-order valence-electron chi connectivity index (χ1n) is 2.00. The van der Waals surface area contributed by atoms with Crippen molar-refractivity contribution in [3.05, 3.63) is 0 Å². The molecule has 0 amide bonds. The zero-order valence-corrected chi connectivity index (χ0v) is 4.00. The molecule has 0 bridgehead atoms. The summed E-state index contributed by atoms with van der Waals surface area (Å²) in [5.74, 6) is 0. The van der Waals surface area contributed by atoms with Crippen LogP contribution in [0.5, 0.6) is 0 Å². The fraction of sp³-hybridized carbons (Fsp3) is 1.00. The molecule has 0 heterocycles. The second-order valence-corrected chi connectivity index (χ2v) is 0. The summed E-state index contributed by atoms with van der Waals surface area (Å²) in [5, 5.41) is 0. The predicted octanol–water partition coefficient (Wildman–Crippen LogP) is 3.57. The van der Waals surface area contributed by atoms with Crippen LogP contribution < -0.4 is 0 Å². The van der Waals surface area contributed by atoms with E-state index in [9.17, 15) is 0 Å². The van der Waals surface area contributed by atoms with Crippen LogP contribution >= 0.6 is 0 Å². The summed E-state index contributed by atoms with van der Waals surface area (Å²) in [4.78, 5) is 0. The quantitative estimate of drug-likeness (QED) is 0.432. The predicted molar refractivity (Wildman–Crippen MR) is 38.3 cm³/mol. The molecule has 0 unspecified atom stereocenters. The molecule has 0 rings (SSSR count). The molecule has 0 aliphatic heterocycles. The highest BCUT2D eigenvalue weighted by atomic mass is 13.0. The van der Waals surface area contributed by atoms with Crippen molar-refractivity contribution in [3.8, 4) is 0 Å². The van der Waals surface area contributed by atoms with Gasteiger partial charge in [0, 0.05) is 1.43 Å². The standard InChI is InChI=1S/2C2H6.2CH4.H2/c2*1-2;;;/h2*1-2H3;2*1H4;1H/i;;;;1+2. The van der Waals surface area contributed by atoms with Crippen LogP contribution in [-0.4, -0.2) is 0 Å². The van der Waals surface area contributed by atoms with Gasteiger partial charge in [-0.2, -0.15) is 0 Å². The van der Waals surface area contributed by atoms with Gasteiger partial charge in [0.2, 0.25) is 0 Å². The molecule has 0 saturated carbocycles. The normalized spacial score (nSPS) is 2.00. The van der Waals surface area contributed by atoms with E-state index in [2.05, 4.69) is 0 Å². The van der Waals surface area contributed by atoms with E-state index in [0.717, 1.165) is 0 Å². The first kappa shape index (κ1) is 37.5. The van der Waals surface area contributed by atoms with Crippen LogP contribution in [0.15, 0.2) is 0 Å². The van der Waals surface area contributed by atoms with Gasteiger partial charge in [-0.1, -0.05) is 42.5 Å². The summed E-state index contributed by atoms with van der Waals surface area (Å²) in [5.41, 5.74) is 0. The third-order valence-electron chi connectivity index (χ3n) is 0. The van der Waals surface area contributed by atoms with Gasteiger partial charge in [-0.3, -0.25) is 0 Å². The van der Waals surface area contributed by atoms with Gasteiger partial charge in [-0.25, -0.2) is 0 Å². The zero-order valence-electron chi connectivity index (χ0n) is 4.00. The van der Waals surface area contributed by atoms with Crippen LogP contribution in [-0.2, 0) is 0 Å². The van der Waals surface area contributed by atoms with Crippen molar-refractivity contribution in [2.45, 2.75) is 42.5 Å². The minimum atomic E-state index is 0. The number of hydrogen-bond donors (Lipinski definition) is 0.